The topological polar surface area (TPSA) is 20.2 Å². The third kappa shape index (κ3) is 1.28. The van der Waals surface area contributed by atoms with Crippen molar-refractivity contribution in [2.24, 2.45) is 5.92 Å². The fraction of sp³-hybridized carbons (Fsp3) is 0.500. The predicted molar refractivity (Wildman–Crippen MR) is 53.7 cm³/mol. The minimum absolute atomic E-state index is 0.250. The lowest BCUT2D eigenvalue weighted by Gasteiger charge is -2.13. The summed E-state index contributed by atoms with van der Waals surface area (Å²) in [7, 11) is 0. The fourth-order valence-corrected chi connectivity index (χ4v) is 2.26. The maximum absolute atomic E-state index is 9.09. The van der Waals surface area contributed by atoms with E-state index in [0.29, 0.717) is 12.5 Å². The largest absolute Gasteiger partial charge is 0.396 e. The zero-order chi connectivity index (χ0) is 9.47. The summed E-state index contributed by atoms with van der Waals surface area (Å²) < 4.78 is 0. The number of hydrogen-bond donors (Lipinski definition) is 1. The molecule has 0 radical (unpaired) electrons. The average molecular weight is 176 g/mol. The number of aliphatic hydroxyl groups is 1. The zero-order valence-electron chi connectivity index (χ0n) is 8.25. The second kappa shape index (κ2) is 2.85. The number of benzene rings is 1. The van der Waals surface area contributed by atoms with Gasteiger partial charge in [0.2, 0.25) is 0 Å². The quantitative estimate of drug-likeness (QED) is 0.733. The van der Waals surface area contributed by atoms with E-state index < -0.39 is 0 Å². The van der Waals surface area contributed by atoms with Gasteiger partial charge in [0.05, 0.1) is 0 Å². The molecule has 0 bridgehead atoms. The maximum Gasteiger partial charge on any atom is 0.0468 e. The third-order valence-corrected chi connectivity index (χ3v) is 3.39. The molecule has 0 heterocycles. The minimum atomic E-state index is 0.250. The van der Waals surface area contributed by atoms with E-state index in [4.69, 9.17) is 5.11 Å². The van der Waals surface area contributed by atoms with Crippen LogP contribution in [0.15, 0.2) is 24.3 Å². The molecule has 1 N–H and O–H groups in total. The first-order valence-corrected chi connectivity index (χ1v) is 4.85. The van der Waals surface area contributed by atoms with Crippen LogP contribution in [0.3, 0.4) is 0 Å². The van der Waals surface area contributed by atoms with Crippen molar-refractivity contribution in [3.63, 3.8) is 0 Å². The molecule has 0 aliphatic heterocycles. The Morgan fingerprint density at radius 2 is 2.15 bits per heavy atom. The molecule has 2 rings (SSSR count). The Kier molecular flexibility index (Phi) is 1.92. The first-order valence-electron chi connectivity index (χ1n) is 4.85. The van der Waals surface area contributed by atoms with Gasteiger partial charge in [0, 0.05) is 6.61 Å². The van der Waals surface area contributed by atoms with Gasteiger partial charge in [-0.3, -0.25) is 0 Å². The summed E-state index contributed by atoms with van der Waals surface area (Å²) in [4.78, 5) is 0. The van der Waals surface area contributed by atoms with Crippen molar-refractivity contribution in [2.75, 3.05) is 6.61 Å². The van der Waals surface area contributed by atoms with E-state index in [1.54, 1.807) is 0 Å². The van der Waals surface area contributed by atoms with Gasteiger partial charge in [-0.1, -0.05) is 31.2 Å². The molecular formula is C12H16O. The highest BCUT2D eigenvalue weighted by atomic mass is 16.3. The number of rotatable bonds is 2. The first-order chi connectivity index (χ1) is 6.18. The number of hydrogen-bond acceptors (Lipinski definition) is 1. The Balaban J connectivity index is 2.32. The molecule has 1 heteroatoms. The van der Waals surface area contributed by atoms with Crippen molar-refractivity contribution in [1.82, 2.24) is 0 Å². The third-order valence-electron chi connectivity index (χ3n) is 3.39. The molecule has 1 fully saturated rings. The maximum atomic E-state index is 9.09. The van der Waals surface area contributed by atoms with Crippen LogP contribution in [0.25, 0.3) is 0 Å². The van der Waals surface area contributed by atoms with Crippen LogP contribution in [0, 0.1) is 12.8 Å². The number of aliphatic hydroxyl groups excluding tert-OH is 1. The highest BCUT2D eigenvalue weighted by molar-refractivity contribution is 5.38. The van der Waals surface area contributed by atoms with Crippen LogP contribution in [-0.2, 0) is 5.41 Å². The molecule has 2 atom stereocenters. The summed E-state index contributed by atoms with van der Waals surface area (Å²) >= 11 is 0. The second-order valence-corrected chi connectivity index (χ2v) is 4.32. The summed E-state index contributed by atoms with van der Waals surface area (Å²) in [5.41, 5.74) is 3.01. The molecule has 1 aliphatic carbocycles. The Morgan fingerprint density at radius 3 is 2.69 bits per heavy atom. The van der Waals surface area contributed by atoms with Gasteiger partial charge in [0.1, 0.15) is 0 Å². The molecule has 1 aliphatic rings. The molecule has 1 aromatic carbocycles. The molecular weight excluding hydrogens is 160 g/mol. The molecule has 0 aromatic heterocycles. The summed E-state index contributed by atoms with van der Waals surface area (Å²) in [6, 6.07) is 8.48. The molecule has 1 nitrogen and oxygen atoms in total. The van der Waals surface area contributed by atoms with Gasteiger partial charge in [-0.15, -0.1) is 0 Å². The standard InChI is InChI=1S/C12H16O/c1-9-5-3-4-6-11(9)12(2)7-10(12)8-13/h3-6,10,13H,7-8H2,1-2H3/t10-,12+/m1/s1. The van der Waals surface area contributed by atoms with Crippen LogP contribution in [0.2, 0.25) is 0 Å². The lowest BCUT2D eigenvalue weighted by Crippen LogP contribution is -2.08. The molecule has 1 aromatic rings. The van der Waals surface area contributed by atoms with Crippen molar-refractivity contribution in [1.29, 1.82) is 0 Å². The lowest BCUT2D eigenvalue weighted by molar-refractivity contribution is 0.265. The molecule has 0 amide bonds. The molecule has 0 unspecified atom stereocenters. The van der Waals surface area contributed by atoms with E-state index in [1.807, 2.05) is 0 Å². The van der Waals surface area contributed by atoms with Gasteiger partial charge in [-0.2, -0.15) is 0 Å². The normalized spacial score (nSPS) is 31.8. The van der Waals surface area contributed by atoms with E-state index in [0.717, 1.165) is 6.42 Å². The van der Waals surface area contributed by atoms with Gasteiger partial charge >= 0.3 is 0 Å². The van der Waals surface area contributed by atoms with Crippen molar-refractivity contribution in [2.45, 2.75) is 25.7 Å². The van der Waals surface area contributed by atoms with E-state index >= 15 is 0 Å². The minimum Gasteiger partial charge on any atom is -0.396 e. The van der Waals surface area contributed by atoms with Crippen molar-refractivity contribution in [3.8, 4) is 0 Å². The highest BCUT2D eigenvalue weighted by Gasteiger charge is 2.50. The van der Waals surface area contributed by atoms with Crippen LogP contribution >= 0.6 is 0 Å². The second-order valence-electron chi connectivity index (χ2n) is 4.32. The van der Waals surface area contributed by atoms with Crippen molar-refractivity contribution >= 4 is 0 Å². The average Bonchev–Trinajstić information content (AvgIpc) is 2.79. The number of aryl methyl sites for hydroxylation is 1. The fourth-order valence-electron chi connectivity index (χ4n) is 2.26. The lowest BCUT2D eigenvalue weighted by atomic mass is 9.92. The molecule has 0 saturated heterocycles. The highest BCUT2D eigenvalue weighted by Crippen LogP contribution is 2.54. The SMILES string of the molecule is Cc1ccccc1[C@@]1(C)C[C@@H]1CO. The first kappa shape index (κ1) is 8.76. The Hall–Kier alpha value is -0.820. The van der Waals surface area contributed by atoms with Gasteiger partial charge in [0.25, 0.3) is 0 Å². The molecule has 1 saturated carbocycles. The molecule has 70 valence electrons. The van der Waals surface area contributed by atoms with Crippen LogP contribution in [0.4, 0.5) is 0 Å². The van der Waals surface area contributed by atoms with E-state index in [-0.39, 0.29) is 5.41 Å². The Labute approximate surface area is 79.4 Å². The van der Waals surface area contributed by atoms with E-state index in [2.05, 4.69) is 38.1 Å². The summed E-state index contributed by atoms with van der Waals surface area (Å²) in [6.45, 7) is 4.72. The zero-order valence-corrected chi connectivity index (χ0v) is 8.25. The molecule has 0 spiro atoms. The van der Waals surface area contributed by atoms with Crippen LogP contribution in [-0.4, -0.2) is 11.7 Å². The van der Waals surface area contributed by atoms with E-state index in [1.165, 1.54) is 11.1 Å². The monoisotopic (exact) mass is 176 g/mol. The molecule has 13 heavy (non-hydrogen) atoms. The van der Waals surface area contributed by atoms with Gasteiger partial charge in [0.15, 0.2) is 0 Å². The summed E-state index contributed by atoms with van der Waals surface area (Å²) in [5, 5.41) is 9.09. The summed E-state index contributed by atoms with van der Waals surface area (Å²) in [5.74, 6) is 0.480. The van der Waals surface area contributed by atoms with Gasteiger partial charge < -0.3 is 5.11 Å². The van der Waals surface area contributed by atoms with Crippen molar-refractivity contribution < 1.29 is 5.11 Å². The predicted octanol–water partition coefficient (Wildman–Crippen LogP) is 2.26. The van der Waals surface area contributed by atoms with Crippen LogP contribution < -0.4 is 0 Å². The Bertz CT molecular complexity index is 319. The van der Waals surface area contributed by atoms with Crippen LogP contribution in [0.1, 0.15) is 24.5 Å². The van der Waals surface area contributed by atoms with Crippen LogP contribution in [0.5, 0.6) is 0 Å². The smallest absolute Gasteiger partial charge is 0.0468 e. The van der Waals surface area contributed by atoms with Gasteiger partial charge in [-0.05, 0) is 35.8 Å². The summed E-state index contributed by atoms with van der Waals surface area (Å²) in [6.07, 6.45) is 1.13. The van der Waals surface area contributed by atoms with E-state index in [9.17, 15) is 0 Å². The Morgan fingerprint density at radius 1 is 1.46 bits per heavy atom. The van der Waals surface area contributed by atoms with Crippen molar-refractivity contribution in [3.05, 3.63) is 35.4 Å². The van der Waals surface area contributed by atoms with Gasteiger partial charge in [-0.25, -0.2) is 0 Å².